The second-order valence-corrected chi connectivity index (χ2v) is 8.83. The van der Waals surface area contributed by atoms with Crippen LogP contribution in [0.4, 0.5) is 0 Å². The summed E-state index contributed by atoms with van der Waals surface area (Å²) in [5.74, 6) is 0.0351. The van der Waals surface area contributed by atoms with Crippen LogP contribution in [0, 0.1) is 5.41 Å². The molecule has 1 saturated heterocycles. The minimum absolute atomic E-state index is 0.0351. The van der Waals surface area contributed by atoms with E-state index < -0.39 is 0 Å². The molecule has 1 aliphatic rings. The largest absolute Gasteiger partial charge is 0.349 e. The number of nitrogens with one attached hydrogen (secondary N) is 1. The molecule has 0 spiro atoms. The second kappa shape index (κ2) is 9.20. The first-order valence-corrected chi connectivity index (χ1v) is 10.3. The summed E-state index contributed by atoms with van der Waals surface area (Å²) >= 11 is 0. The summed E-state index contributed by atoms with van der Waals surface area (Å²) in [6.45, 7) is 9.57. The molecule has 1 fully saturated rings. The van der Waals surface area contributed by atoms with Gasteiger partial charge in [-0.15, -0.1) is 0 Å². The number of carbonyl (C=O) groups excluding carboxylic acids is 1. The Bertz CT molecular complexity index is 780. The van der Waals surface area contributed by atoms with Gasteiger partial charge in [-0.3, -0.25) is 9.69 Å². The Labute approximate surface area is 169 Å². The molecule has 0 aromatic heterocycles. The summed E-state index contributed by atoms with van der Waals surface area (Å²) in [6.07, 6.45) is 6.31. The van der Waals surface area contributed by atoms with Gasteiger partial charge in [0, 0.05) is 31.2 Å². The molecule has 0 bridgehead atoms. The van der Waals surface area contributed by atoms with E-state index in [0.717, 1.165) is 43.6 Å². The molecule has 3 heteroatoms. The molecule has 148 valence electrons. The number of hydrogen-bond donors (Lipinski definition) is 1. The Morgan fingerprint density at radius 3 is 2.29 bits per heavy atom. The maximum absolute atomic E-state index is 12.6. The third kappa shape index (κ3) is 6.35. The molecule has 28 heavy (non-hydrogen) atoms. The van der Waals surface area contributed by atoms with Crippen LogP contribution in [0.1, 0.15) is 55.1 Å². The van der Waals surface area contributed by atoms with Crippen molar-refractivity contribution in [3.63, 3.8) is 0 Å². The van der Waals surface area contributed by atoms with Crippen molar-refractivity contribution in [3.8, 4) is 0 Å². The monoisotopic (exact) mass is 376 g/mol. The highest BCUT2D eigenvalue weighted by Crippen LogP contribution is 2.18. The summed E-state index contributed by atoms with van der Waals surface area (Å²) in [4.78, 5) is 15.0. The fourth-order valence-electron chi connectivity index (χ4n) is 3.44. The highest BCUT2D eigenvalue weighted by Gasteiger charge is 2.21. The van der Waals surface area contributed by atoms with Gasteiger partial charge in [0.2, 0.25) is 0 Å². The second-order valence-electron chi connectivity index (χ2n) is 8.83. The van der Waals surface area contributed by atoms with Gasteiger partial charge in [0.15, 0.2) is 0 Å². The van der Waals surface area contributed by atoms with Crippen LogP contribution >= 0.6 is 0 Å². The molecule has 2 aromatic rings. The van der Waals surface area contributed by atoms with E-state index >= 15 is 0 Å². The van der Waals surface area contributed by atoms with Gasteiger partial charge in [-0.05, 0) is 41.5 Å². The smallest absolute Gasteiger partial charge is 0.251 e. The van der Waals surface area contributed by atoms with Crippen LogP contribution in [0.3, 0.4) is 0 Å². The normalized spacial score (nSPS) is 16.4. The summed E-state index contributed by atoms with van der Waals surface area (Å²) in [6, 6.07) is 18.7. The van der Waals surface area contributed by atoms with Crippen LogP contribution in [-0.2, 0) is 6.54 Å². The first kappa shape index (κ1) is 20.3. The third-order valence-electron chi connectivity index (χ3n) is 5.12. The molecule has 2 aromatic carbocycles. The topological polar surface area (TPSA) is 32.3 Å². The van der Waals surface area contributed by atoms with E-state index in [9.17, 15) is 4.79 Å². The SMILES string of the molecule is CC(C)(C)C=Cc1ccc(C(=O)NC2CCN(Cc3ccccc3)CC2)cc1. The van der Waals surface area contributed by atoms with Crippen LogP contribution in [0.5, 0.6) is 0 Å². The molecule has 3 rings (SSSR count). The van der Waals surface area contributed by atoms with Crippen LogP contribution in [0.15, 0.2) is 60.7 Å². The predicted octanol–water partition coefficient (Wildman–Crippen LogP) is 5.14. The predicted molar refractivity (Wildman–Crippen MR) is 117 cm³/mol. The molecule has 0 unspecified atom stereocenters. The van der Waals surface area contributed by atoms with E-state index in [-0.39, 0.29) is 17.4 Å². The van der Waals surface area contributed by atoms with E-state index in [1.54, 1.807) is 0 Å². The van der Waals surface area contributed by atoms with E-state index in [4.69, 9.17) is 0 Å². The minimum atomic E-state index is 0.0351. The third-order valence-corrected chi connectivity index (χ3v) is 5.12. The number of allylic oxidation sites excluding steroid dienone is 1. The van der Waals surface area contributed by atoms with Crippen molar-refractivity contribution in [3.05, 3.63) is 77.4 Å². The standard InChI is InChI=1S/C25H32N2O/c1-25(2,3)16-13-20-9-11-22(12-10-20)24(28)26-23-14-17-27(18-15-23)19-21-7-5-4-6-8-21/h4-13,16,23H,14-15,17-19H2,1-3H3,(H,26,28). The van der Waals surface area contributed by atoms with Gasteiger partial charge in [0.25, 0.3) is 5.91 Å². The van der Waals surface area contributed by atoms with Crippen molar-refractivity contribution >= 4 is 12.0 Å². The Kier molecular flexibility index (Phi) is 6.69. The Morgan fingerprint density at radius 1 is 1.04 bits per heavy atom. The summed E-state index contributed by atoms with van der Waals surface area (Å²) in [7, 11) is 0. The first-order valence-electron chi connectivity index (χ1n) is 10.3. The summed E-state index contributed by atoms with van der Waals surface area (Å²) in [5.41, 5.74) is 3.37. The van der Waals surface area contributed by atoms with Crippen molar-refractivity contribution in [2.75, 3.05) is 13.1 Å². The van der Waals surface area contributed by atoms with E-state index in [0.29, 0.717) is 0 Å². The Morgan fingerprint density at radius 2 is 1.68 bits per heavy atom. The van der Waals surface area contributed by atoms with Crippen molar-refractivity contribution in [1.82, 2.24) is 10.2 Å². The van der Waals surface area contributed by atoms with Gasteiger partial charge in [-0.1, -0.05) is 75.4 Å². The summed E-state index contributed by atoms with van der Waals surface area (Å²) < 4.78 is 0. The molecular weight excluding hydrogens is 344 g/mol. The number of benzene rings is 2. The quantitative estimate of drug-likeness (QED) is 0.783. The van der Waals surface area contributed by atoms with Gasteiger partial charge in [0.05, 0.1) is 0 Å². The number of carbonyl (C=O) groups is 1. The maximum Gasteiger partial charge on any atom is 0.251 e. The van der Waals surface area contributed by atoms with Gasteiger partial charge >= 0.3 is 0 Å². The molecule has 0 atom stereocenters. The first-order chi connectivity index (χ1) is 13.4. The number of rotatable bonds is 5. The number of amides is 1. The zero-order valence-corrected chi connectivity index (χ0v) is 17.3. The Hall–Kier alpha value is -2.39. The van der Waals surface area contributed by atoms with Crippen molar-refractivity contribution < 1.29 is 4.79 Å². The number of nitrogens with zero attached hydrogens (tertiary/aromatic N) is 1. The van der Waals surface area contributed by atoms with E-state index in [2.05, 4.69) is 73.5 Å². The average Bonchev–Trinajstić information content (AvgIpc) is 2.68. The van der Waals surface area contributed by atoms with Crippen LogP contribution < -0.4 is 5.32 Å². The van der Waals surface area contributed by atoms with Crippen LogP contribution in [0.25, 0.3) is 6.08 Å². The molecular formula is C25H32N2O. The molecule has 0 aliphatic carbocycles. The number of likely N-dealkylation sites (tertiary alicyclic amines) is 1. The lowest BCUT2D eigenvalue weighted by Gasteiger charge is -2.32. The minimum Gasteiger partial charge on any atom is -0.349 e. The molecule has 1 aliphatic heterocycles. The van der Waals surface area contributed by atoms with E-state index in [1.165, 1.54) is 5.56 Å². The number of piperidine rings is 1. The fraction of sp³-hybridized carbons (Fsp3) is 0.400. The zero-order chi connectivity index (χ0) is 20.0. The Balaban J connectivity index is 1.47. The number of hydrogen-bond acceptors (Lipinski definition) is 2. The summed E-state index contributed by atoms with van der Waals surface area (Å²) in [5, 5.41) is 3.21. The van der Waals surface area contributed by atoms with Crippen molar-refractivity contribution in [2.24, 2.45) is 5.41 Å². The lowest BCUT2D eigenvalue weighted by Crippen LogP contribution is -2.44. The maximum atomic E-state index is 12.6. The van der Waals surface area contributed by atoms with Crippen LogP contribution in [-0.4, -0.2) is 29.9 Å². The van der Waals surface area contributed by atoms with E-state index in [1.807, 2.05) is 24.3 Å². The average molecular weight is 377 g/mol. The van der Waals surface area contributed by atoms with Gasteiger partial charge in [-0.25, -0.2) is 0 Å². The molecule has 1 heterocycles. The lowest BCUT2D eigenvalue weighted by atomic mass is 9.95. The fourth-order valence-corrected chi connectivity index (χ4v) is 3.44. The molecule has 3 nitrogen and oxygen atoms in total. The molecule has 1 N–H and O–H groups in total. The highest BCUT2D eigenvalue weighted by molar-refractivity contribution is 5.94. The lowest BCUT2D eigenvalue weighted by molar-refractivity contribution is 0.0909. The molecule has 0 radical (unpaired) electrons. The van der Waals surface area contributed by atoms with Crippen LogP contribution in [0.2, 0.25) is 0 Å². The zero-order valence-electron chi connectivity index (χ0n) is 17.3. The van der Waals surface area contributed by atoms with Gasteiger partial charge in [-0.2, -0.15) is 0 Å². The molecule has 0 saturated carbocycles. The highest BCUT2D eigenvalue weighted by atomic mass is 16.1. The van der Waals surface area contributed by atoms with Crippen molar-refractivity contribution in [1.29, 1.82) is 0 Å². The molecule has 1 amide bonds. The van der Waals surface area contributed by atoms with Gasteiger partial charge < -0.3 is 5.32 Å². The van der Waals surface area contributed by atoms with Gasteiger partial charge in [0.1, 0.15) is 0 Å². The van der Waals surface area contributed by atoms with Crippen molar-refractivity contribution in [2.45, 2.75) is 46.2 Å².